The van der Waals surface area contributed by atoms with E-state index in [2.05, 4.69) is 54.8 Å². The topological polar surface area (TPSA) is 15.7 Å². The van der Waals surface area contributed by atoms with Gasteiger partial charge >= 0.3 is 0 Å². The van der Waals surface area contributed by atoms with Gasteiger partial charge < -0.3 is 4.74 Å². The lowest BCUT2D eigenvalue weighted by molar-refractivity contribution is 0.104. The predicted octanol–water partition coefficient (Wildman–Crippen LogP) is 3.39. The van der Waals surface area contributed by atoms with Crippen molar-refractivity contribution >= 4 is 0 Å². The van der Waals surface area contributed by atoms with Gasteiger partial charge in [0.2, 0.25) is 0 Å². The van der Waals surface area contributed by atoms with Crippen molar-refractivity contribution in [1.82, 2.24) is 9.80 Å². The third-order valence-corrected chi connectivity index (χ3v) is 4.23. The second-order valence-corrected chi connectivity index (χ2v) is 6.25. The van der Waals surface area contributed by atoms with Gasteiger partial charge in [-0.05, 0) is 38.0 Å². The number of hydrogen-bond donors (Lipinski definition) is 0. The highest BCUT2D eigenvalue weighted by Gasteiger charge is 2.18. The van der Waals surface area contributed by atoms with Crippen molar-refractivity contribution in [2.75, 3.05) is 32.8 Å². The number of ether oxygens (including phenoxy) is 1. The zero-order valence-corrected chi connectivity index (χ0v) is 13.8. The number of rotatable bonds is 7. The van der Waals surface area contributed by atoms with Crippen LogP contribution in [0.1, 0.15) is 39.2 Å². The van der Waals surface area contributed by atoms with Gasteiger partial charge in [0.05, 0.1) is 6.61 Å². The summed E-state index contributed by atoms with van der Waals surface area (Å²) in [6.45, 7) is 13.4. The van der Waals surface area contributed by atoms with Crippen molar-refractivity contribution < 1.29 is 4.74 Å². The number of hydrogen-bond acceptors (Lipinski definition) is 3. The molecule has 118 valence electrons. The van der Waals surface area contributed by atoms with E-state index in [-0.39, 0.29) is 0 Å². The number of unbranched alkanes of at least 4 members (excludes halogenated alkanes) is 1. The van der Waals surface area contributed by atoms with Gasteiger partial charge in [0.25, 0.3) is 0 Å². The van der Waals surface area contributed by atoms with Gasteiger partial charge in [0.15, 0.2) is 0 Å². The largest absolute Gasteiger partial charge is 0.494 e. The molecule has 21 heavy (non-hydrogen) atoms. The molecule has 1 saturated heterocycles. The minimum absolute atomic E-state index is 0.673. The zero-order valence-electron chi connectivity index (χ0n) is 13.8. The molecule has 1 aromatic rings. The number of benzene rings is 1. The average molecular weight is 290 g/mol. The first kappa shape index (κ1) is 16.3. The van der Waals surface area contributed by atoms with Crippen LogP contribution in [0.2, 0.25) is 0 Å². The van der Waals surface area contributed by atoms with E-state index in [4.69, 9.17) is 4.74 Å². The molecule has 1 aliphatic rings. The van der Waals surface area contributed by atoms with E-state index < -0.39 is 0 Å². The Morgan fingerprint density at radius 3 is 2.29 bits per heavy atom. The Morgan fingerprint density at radius 2 is 1.71 bits per heavy atom. The molecule has 0 atom stereocenters. The Labute approximate surface area is 129 Å². The molecule has 0 saturated carbocycles. The molecule has 0 bridgehead atoms. The lowest BCUT2D eigenvalue weighted by Gasteiger charge is -2.36. The van der Waals surface area contributed by atoms with Gasteiger partial charge in [-0.15, -0.1) is 0 Å². The highest BCUT2D eigenvalue weighted by molar-refractivity contribution is 5.27. The predicted molar refractivity (Wildman–Crippen MR) is 88.8 cm³/mol. The molecule has 0 unspecified atom stereocenters. The van der Waals surface area contributed by atoms with Gasteiger partial charge in [0.1, 0.15) is 5.75 Å². The van der Waals surface area contributed by atoms with Crippen LogP contribution in [-0.4, -0.2) is 48.6 Å². The molecule has 3 nitrogen and oxygen atoms in total. The normalized spacial score (nSPS) is 17.3. The quantitative estimate of drug-likeness (QED) is 0.716. The van der Waals surface area contributed by atoms with Crippen LogP contribution in [0.3, 0.4) is 0 Å². The van der Waals surface area contributed by atoms with Crippen LogP contribution in [0.25, 0.3) is 0 Å². The van der Waals surface area contributed by atoms with Crippen LogP contribution in [0.15, 0.2) is 24.3 Å². The summed E-state index contributed by atoms with van der Waals surface area (Å²) in [5.41, 5.74) is 1.39. The third kappa shape index (κ3) is 5.33. The molecule has 0 radical (unpaired) electrons. The molecule has 1 heterocycles. The molecule has 2 rings (SSSR count). The van der Waals surface area contributed by atoms with Crippen molar-refractivity contribution in [3.63, 3.8) is 0 Å². The second kappa shape index (κ2) is 8.40. The summed E-state index contributed by atoms with van der Waals surface area (Å²) in [7, 11) is 0. The van der Waals surface area contributed by atoms with E-state index in [0.717, 1.165) is 25.3 Å². The molecule has 0 N–H and O–H groups in total. The fraction of sp³-hybridized carbons (Fsp3) is 0.667. The molecule has 1 aliphatic heterocycles. The van der Waals surface area contributed by atoms with Crippen molar-refractivity contribution in [2.24, 2.45) is 0 Å². The molecular formula is C18H30N2O. The van der Waals surface area contributed by atoms with Crippen molar-refractivity contribution in [2.45, 2.75) is 46.2 Å². The highest BCUT2D eigenvalue weighted by Crippen LogP contribution is 2.15. The maximum atomic E-state index is 5.71. The molecule has 0 spiro atoms. The summed E-state index contributed by atoms with van der Waals surface area (Å²) in [5.74, 6) is 0.997. The molecule has 3 heteroatoms. The standard InChI is InChI=1S/C18H30N2O/c1-4-5-14-21-18-8-6-17(7-9-18)15-19-10-12-20(13-11-19)16(2)3/h6-9,16H,4-5,10-15H2,1-3H3. The average Bonchev–Trinajstić information content (AvgIpc) is 2.50. The van der Waals surface area contributed by atoms with Crippen molar-refractivity contribution in [3.8, 4) is 5.75 Å². The van der Waals surface area contributed by atoms with Crippen LogP contribution >= 0.6 is 0 Å². The highest BCUT2D eigenvalue weighted by atomic mass is 16.5. The Kier molecular flexibility index (Phi) is 6.52. The molecule has 1 aromatic carbocycles. The summed E-state index contributed by atoms with van der Waals surface area (Å²) >= 11 is 0. The lowest BCUT2D eigenvalue weighted by atomic mass is 10.2. The van der Waals surface area contributed by atoms with Gasteiger partial charge in [-0.2, -0.15) is 0 Å². The van der Waals surface area contributed by atoms with Gasteiger partial charge in [-0.1, -0.05) is 25.5 Å². The summed E-state index contributed by atoms with van der Waals surface area (Å²) < 4.78 is 5.71. The minimum Gasteiger partial charge on any atom is -0.494 e. The Hall–Kier alpha value is -1.06. The zero-order chi connectivity index (χ0) is 15.1. The van der Waals surface area contributed by atoms with Crippen LogP contribution in [0.5, 0.6) is 5.75 Å². The Bertz CT molecular complexity index is 394. The molecule has 0 amide bonds. The van der Waals surface area contributed by atoms with Gasteiger partial charge in [-0.25, -0.2) is 0 Å². The monoisotopic (exact) mass is 290 g/mol. The number of nitrogens with zero attached hydrogens (tertiary/aromatic N) is 2. The van der Waals surface area contributed by atoms with Gasteiger partial charge in [0, 0.05) is 38.8 Å². The van der Waals surface area contributed by atoms with Crippen molar-refractivity contribution in [3.05, 3.63) is 29.8 Å². The summed E-state index contributed by atoms with van der Waals surface area (Å²) in [5, 5.41) is 0. The third-order valence-electron chi connectivity index (χ3n) is 4.23. The van der Waals surface area contributed by atoms with Crippen molar-refractivity contribution in [1.29, 1.82) is 0 Å². The molecular weight excluding hydrogens is 260 g/mol. The fourth-order valence-corrected chi connectivity index (χ4v) is 2.72. The molecule has 1 fully saturated rings. The Balaban J connectivity index is 1.76. The second-order valence-electron chi connectivity index (χ2n) is 6.25. The van der Waals surface area contributed by atoms with Crippen LogP contribution in [0.4, 0.5) is 0 Å². The molecule has 0 aromatic heterocycles. The SMILES string of the molecule is CCCCOc1ccc(CN2CCN(C(C)C)CC2)cc1. The summed E-state index contributed by atoms with van der Waals surface area (Å²) in [6, 6.07) is 9.29. The first-order chi connectivity index (χ1) is 10.2. The van der Waals surface area contributed by atoms with Crippen LogP contribution in [0, 0.1) is 0 Å². The number of piperazine rings is 1. The maximum Gasteiger partial charge on any atom is 0.119 e. The van der Waals surface area contributed by atoms with Crippen LogP contribution < -0.4 is 4.74 Å². The van der Waals surface area contributed by atoms with Crippen LogP contribution in [-0.2, 0) is 6.54 Å². The smallest absolute Gasteiger partial charge is 0.119 e. The van der Waals surface area contributed by atoms with E-state index in [0.29, 0.717) is 6.04 Å². The van der Waals surface area contributed by atoms with E-state index in [1.54, 1.807) is 0 Å². The van der Waals surface area contributed by atoms with E-state index in [9.17, 15) is 0 Å². The van der Waals surface area contributed by atoms with E-state index in [1.807, 2.05) is 0 Å². The lowest BCUT2D eigenvalue weighted by Crippen LogP contribution is -2.48. The summed E-state index contributed by atoms with van der Waals surface area (Å²) in [4.78, 5) is 5.10. The fourth-order valence-electron chi connectivity index (χ4n) is 2.72. The molecule has 0 aliphatic carbocycles. The van der Waals surface area contributed by atoms with E-state index >= 15 is 0 Å². The first-order valence-electron chi connectivity index (χ1n) is 8.37. The summed E-state index contributed by atoms with van der Waals surface area (Å²) in [6.07, 6.45) is 2.31. The van der Waals surface area contributed by atoms with E-state index in [1.165, 1.54) is 38.2 Å². The Morgan fingerprint density at radius 1 is 1.05 bits per heavy atom. The first-order valence-corrected chi connectivity index (χ1v) is 8.37. The minimum atomic E-state index is 0.673. The van der Waals surface area contributed by atoms with Gasteiger partial charge in [-0.3, -0.25) is 9.80 Å². The maximum absolute atomic E-state index is 5.71.